The van der Waals surface area contributed by atoms with Crippen LogP contribution in [0.2, 0.25) is 0 Å². The van der Waals surface area contributed by atoms with Crippen LogP contribution < -0.4 is 0 Å². The average Bonchev–Trinajstić information content (AvgIpc) is 2.70. The molecule has 2 aliphatic heterocycles. The second-order valence-corrected chi connectivity index (χ2v) is 10.0. The number of aryl methyl sites for hydroxylation is 1. The number of rotatable bonds is 5. The van der Waals surface area contributed by atoms with Gasteiger partial charge in [-0.1, -0.05) is 48.5 Å². The largest absolute Gasteiger partial charge is 0.383 e. The van der Waals surface area contributed by atoms with Gasteiger partial charge < -0.3 is 4.74 Å². The summed E-state index contributed by atoms with van der Waals surface area (Å²) in [6.45, 7) is 4.64. The van der Waals surface area contributed by atoms with Crippen molar-refractivity contribution in [3.05, 3.63) is 65.7 Å². The lowest BCUT2D eigenvalue weighted by Crippen LogP contribution is -2.68. The van der Waals surface area contributed by atoms with Crippen LogP contribution in [0.15, 0.2) is 59.5 Å². The summed E-state index contributed by atoms with van der Waals surface area (Å²) < 4.78 is 34.2. The first-order valence-electron chi connectivity index (χ1n) is 10.4. The molecule has 0 aromatic heterocycles. The molecule has 2 saturated heterocycles. The number of hydrogen-bond donors (Lipinski definition) is 0. The standard InChI is InChI=1S/C23H30N2O3S/c1-18-10-6-7-13-22(18)29(26,27)24-14-8-9-15-25-20(16-24)23(21(25)17-28-2)19-11-4-3-5-12-19/h3-7,10-13,20-21,23H,8-9,14-17H2,1-2H3/t20?,21-,23+/m1/s1. The van der Waals surface area contributed by atoms with Crippen molar-refractivity contribution in [2.75, 3.05) is 33.4 Å². The van der Waals surface area contributed by atoms with Crippen LogP contribution in [0.5, 0.6) is 0 Å². The van der Waals surface area contributed by atoms with Gasteiger partial charge in [0.25, 0.3) is 0 Å². The Balaban J connectivity index is 1.65. The van der Waals surface area contributed by atoms with Gasteiger partial charge in [0.05, 0.1) is 11.5 Å². The summed E-state index contributed by atoms with van der Waals surface area (Å²) >= 11 is 0. The van der Waals surface area contributed by atoms with Gasteiger partial charge in [-0.15, -0.1) is 0 Å². The molecule has 0 bridgehead atoms. The summed E-state index contributed by atoms with van der Waals surface area (Å²) in [5.74, 6) is 0.281. The van der Waals surface area contributed by atoms with Gasteiger partial charge in [0.15, 0.2) is 0 Å². The van der Waals surface area contributed by atoms with E-state index in [1.807, 2.05) is 25.1 Å². The summed E-state index contributed by atoms with van der Waals surface area (Å²) in [5, 5.41) is 0. The topological polar surface area (TPSA) is 49.9 Å². The first kappa shape index (κ1) is 20.5. The molecule has 6 heteroatoms. The van der Waals surface area contributed by atoms with E-state index in [2.05, 4.69) is 29.2 Å². The Hall–Kier alpha value is -1.73. The minimum Gasteiger partial charge on any atom is -0.383 e. The highest BCUT2D eigenvalue weighted by molar-refractivity contribution is 7.89. The molecule has 0 saturated carbocycles. The van der Waals surface area contributed by atoms with Crippen LogP contribution >= 0.6 is 0 Å². The van der Waals surface area contributed by atoms with E-state index in [1.165, 1.54) is 5.56 Å². The molecule has 1 unspecified atom stereocenters. The van der Waals surface area contributed by atoms with Gasteiger partial charge in [-0.2, -0.15) is 4.31 Å². The molecule has 2 fully saturated rings. The van der Waals surface area contributed by atoms with E-state index < -0.39 is 10.0 Å². The van der Waals surface area contributed by atoms with Gasteiger partial charge in [0.2, 0.25) is 10.0 Å². The zero-order valence-electron chi connectivity index (χ0n) is 17.2. The Morgan fingerprint density at radius 3 is 2.41 bits per heavy atom. The van der Waals surface area contributed by atoms with Crippen molar-refractivity contribution in [2.45, 2.75) is 42.7 Å². The van der Waals surface area contributed by atoms with Crippen molar-refractivity contribution in [3.8, 4) is 0 Å². The summed E-state index contributed by atoms with van der Waals surface area (Å²) in [6, 6.07) is 18.2. The van der Waals surface area contributed by atoms with Crippen LogP contribution in [-0.2, 0) is 14.8 Å². The first-order chi connectivity index (χ1) is 14.0. The molecule has 156 valence electrons. The quantitative estimate of drug-likeness (QED) is 0.754. The second-order valence-electron chi connectivity index (χ2n) is 8.10. The molecular weight excluding hydrogens is 384 g/mol. The predicted molar refractivity (Wildman–Crippen MR) is 115 cm³/mol. The highest BCUT2D eigenvalue weighted by atomic mass is 32.2. The van der Waals surface area contributed by atoms with Crippen molar-refractivity contribution in [2.24, 2.45) is 0 Å². The Morgan fingerprint density at radius 2 is 1.69 bits per heavy atom. The zero-order valence-corrected chi connectivity index (χ0v) is 18.0. The van der Waals surface area contributed by atoms with Gasteiger partial charge in [-0.3, -0.25) is 4.90 Å². The number of ether oxygens (including phenoxy) is 1. The van der Waals surface area contributed by atoms with Crippen LogP contribution in [-0.4, -0.2) is 63.1 Å². The monoisotopic (exact) mass is 414 g/mol. The minimum absolute atomic E-state index is 0.177. The molecule has 2 aromatic carbocycles. The Morgan fingerprint density at radius 1 is 1.00 bits per heavy atom. The summed E-state index contributed by atoms with van der Waals surface area (Å²) in [7, 11) is -1.77. The third-order valence-electron chi connectivity index (χ3n) is 6.38. The maximum absolute atomic E-state index is 13.5. The normalized spacial score (nSPS) is 26.2. The van der Waals surface area contributed by atoms with Crippen LogP contribution in [0.25, 0.3) is 0 Å². The molecule has 0 N–H and O–H groups in total. The molecule has 2 aromatic rings. The number of nitrogens with zero attached hydrogens (tertiary/aromatic N) is 2. The number of sulfonamides is 1. The van der Waals surface area contributed by atoms with Crippen molar-refractivity contribution < 1.29 is 13.2 Å². The minimum atomic E-state index is -3.51. The van der Waals surface area contributed by atoms with Crippen molar-refractivity contribution >= 4 is 10.0 Å². The summed E-state index contributed by atoms with van der Waals surface area (Å²) in [4.78, 5) is 2.89. The zero-order chi connectivity index (χ0) is 20.4. The van der Waals surface area contributed by atoms with Crippen LogP contribution in [0.4, 0.5) is 0 Å². The predicted octanol–water partition coefficient (Wildman–Crippen LogP) is 3.26. The molecule has 0 amide bonds. The molecule has 5 nitrogen and oxygen atoms in total. The van der Waals surface area contributed by atoms with Gasteiger partial charge in [0, 0.05) is 38.2 Å². The molecular formula is C23H30N2O3S. The molecule has 2 heterocycles. The Bertz CT molecular complexity index is 932. The third-order valence-corrected chi connectivity index (χ3v) is 8.40. The number of fused-ring (bicyclic) bond motifs is 1. The summed E-state index contributed by atoms with van der Waals surface area (Å²) in [6.07, 6.45) is 1.88. The lowest BCUT2D eigenvalue weighted by atomic mass is 9.74. The first-order valence-corrected chi connectivity index (χ1v) is 11.8. The average molecular weight is 415 g/mol. The second kappa shape index (κ2) is 8.56. The maximum atomic E-state index is 13.5. The lowest BCUT2D eigenvalue weighted by molar-refractivity contribution is -0.0635. The third kappa shape index (κ3) is 3.87. The fourth-order valence-corrected chi connectivity index (χ4v) is 6.66. The highest BCUT2D eigenvalue weighted by Gasteiger charge is 2.50. The number of methoxy groups -OCH3 is 1. The van der Waals surface area contributed by atoms with E-state index in [0.717, 1.165) is 24.9 Å². The number of hydrogen-bond acceptors (Lipinski definition) is 4. The van der Waals surface area contributed by atoms with Crippen LogP contribution in [0.1, 0.15) is 29.9 Å². The molecule has 3 atom stereocenters. The van der Waals surface area contributed by atoms with Gasteiger partial charge in [0.1, 0.15) is 0 Å². The van der Waals surface area contributed by atoms with E-state index in [-0.39, 0.29) is 12.0 Å². The fraction of sp³-hybridized carbons (Fsp3) is 0.478. The molecule has 0 spiro atoms. The highest BCUT2D eigenvalue weighted by Crippen LogP contribution is 2.42. The van der Waals surface area contributed by atoms with E-state index >= 15 is 0 Å². The van der Waals surface area contributed by atoms with E-state index in [4.69, 9.17) is 4.74 Å². The lowest BCUT2D eigenvalue weighted by Gasteiger charge is -2.57. The Kier molecular flexibility index (Phi) is 6.06. The van der Waals surface area contributed by atoms with Crippen LogP contribution in [0, 0.1) is 6.92 Å². The summed E-state index contributed by atoms with van der Waals surface area (Å²) in [5.41, 5.74) is 2.07. The van der Waals surface area contributed by atoms with E-state index in [1.54, 1.807) is 23.5 Å². The smallest absolute Gasteiger partial charge is 0.243 e. The Labute approximate surface area is 174 Å². The van der Waals surface area contributed by atoms with Gasteiger partial charge in [-0.05, 0) is 43.5 Å². The maximum Gasteiger partial charge on any atom is 0.243 e. The fourth-order valence-electron chi connectivity index (χ4n) is 4.94. The molecule has 0 aliphatic carbocycles. The molecule has 2 aliphatic rings. The van der Waals surface area contributed by atoms with Crippen molar-refractivity contribution in [1.29, 1.82) is 0 Å². The van der Waals surface area contributed by atoms with Gasteiger partial charge in [-0.25, -0.2) is 8.42 Å². The molecule has 4 rings (SSSR count). The number of benzene rings is 2. The van der Waals surface area contributed by atoms with Crippen molar-refractivity contribution in [1.82, 2.24) is 9.21 Å². The van der Waals surface area contributed by atoms with E-state index in [0.29, 0.717) is 30.6 Å². The van der Waals surface area contributed by atoms with Crippen LogP contribution in [0.3, 0.4) is 0 Å². The van der Waals surface area contributed by atoms with Crippen molar-refractivity contribution in [3.63, 3.8) is 0 Å². The van der Waals surface area contributed by atoms with E-state index in [9.17, 15) is 8.42 Å². The van der Waals surface area contributed by atoms with Gasteiger partial charge >= 0.3 is 0 Å². The molecule has 0 radical (unpaired) electrons. The molecule has 29 heavy (non-hydrogen) atoms. The SMILES string of the molecule is COC[C@@H]1[C@@H](c2ccccc2)C2CN(S(=O)(=O)c3ccccc3C)CCCCN21.